The Labute approximate surface area is 167 Å². The molecule has 1 aliphatic heterocycles. The molecule has 2 aromatic carbocycles. The number of fused-ring (bicyclic) bond motifs is 2. The number of amides is 1. The summed E-state index contributed by atoms with van der Waals surface area (Å²) in [4.78, 5) is 27.4. The highest BCUT2D eigenvalue weighted by molar-refractivity contribution is 6.11. The largest absolute Gasteiger partial charge is 0.366 e. The normalized spacial score (nSPS) is 15.9. The highest BCUT2D eigenvalue weighted by Gasteiger charge is 2.28. The molecule has 0 bridgehead atoms. The molecule has 1 atom stereocenters. The predicted octanol–water partition coefficient (Wildman–Crippen LogP) is 3.63. The number of carbonyl (C=O) groups excluding carboxylic acids is 2. The number of primary amides is 1. The number of rotatable bonds is 4. The average Bonchev–Trinajstić information content (AvgIpc) is 3.00. The van der Waals surface area contributed by atoms with Crippen LogP contribution in [0.15, 0.2) is 36.9 Å². The van der Waals surface area contributed by atoms with Gasteiger partial charge in [-0.1, -0.05) is 24.8 Å². The lowest BCUT2D eigenvalue weighted by atomic mass is 9.84. The maximum absolute atomic E-state index is 15.4. The molecule has 0 spiro atoms. The van der Waals surface area contributed by atoms with Crippen LogP contribution >= 0.6 is 0 Å². The first-order chi connectivity index (χ1) is 13.8. The summed E-state index contributed by atoms with van der Waals surface area (Å²) in [5.41, 5.74) is 10.8. The molecule has 29 heavy (non-hydrogen) atoms. The van der Waals surface area contributed by atoms with Crippen LogP contribution in [0.3, 0.4) is 0 Å². The fourth-order valence-corrected chi connectivity index (χ4v) is 4.29. The monoisotopic (exact) mass is 391 g/mol. The molecular formula is C23H22FN3O2. The van der Waals surface area contributed by atoms with Gasteiger partial charge < -0.3 is 16.0 Å². The summed E-state index contributed by atoms with van der Waals surface area (Å²) in [6, 6.07) is 6.28. The molecule has 2 heterocycles. The van der Waals surface area contributed by atoms with E-state index in [1.807, 2.05) is 32.0 Å². The van der Waals surface area contributed by atoms with Crippen molar-refractivity contribution >= 4 is 22.6 Å². The van der Waals surface area contributed by atoms with Crippen LogP contribution in [0.1, 0.15) is 38.8 Å². The maximum Gasteiger partial charge on any atom is 0.250 e. The van der Waals surface area contributed by atoms with Gasteiger partial charge >= 0.3 is 0 Å². The fourth-order valence-electron chi connectivity index (χ4n) is 4.29. The number of H-pyrrole nitrogens is 1. The molecule has 0 unspecified atom stereocenters. The van der Waals surface area contributed by atoms with Gasteiger partial charge in [0.2, 0.25) is 0 Å². The molecule has 6 heteroatoms. The van der Waals surface area contributed by atoms with Gasteiger partial charge in [0.05, 0.1) is 17.1 Å². The van der Waals surface area contributed by atoms with Crippen LogP contribution in [0.4, 0.5) is 4.39 Å². The van der Waals surface area contributed by atoms with Crippen LogP contribution in [0.2, 0.25) is 0 Å². The average molecular weight is 391 g/mol. The van der Waals surface area contributed by atoms with Crippen molar-refractivity contribution in [1.29, 1.82) is 0 Å². The summed E-state index contributed by atoms with van der Waals surface area (Å²) in [7, 11) is 0. The van der Waals surface area contributed by atoms with Gasteiger partial charge in [-0.15, -0.1) is 0 Å². The second-order valence-electron chi connectivity index (χ2n) is 7.39. The standard InChI is InChI=1S/C23H22FN3O2/c1-4-18(28)21-15-7-5-6-14(13(15)8-9-26-21)20-17(24)10-16(23(25)29)22-19(20)11(2)12(3)27-22/h4-7,10,21,26-27H,1,8-9H2,2-3H3,(H2,25,29)/t21-/m0/s1. The predicted molar refractivity (Wildman–Crippen MR) is 111 cm³/mol. The van der Waals surface area contributed by atoms with Gasteiger partial charge in [0.25, 0.3) is 5.91 Å². The molecule has 1 aliphatic rings. The third-order valence-corrected chi connectivity index (χ3v) is 5.80. The summed E-state index contributed by atoms with van der Waals surface area (Å²) in [6.45, 7) is 7.96. The van der Waals surface area contributed by atoms with Gasteiger partial charge in [-0.2, -0.15) is 0 Å². The van der Waals surface area contributed by atoms with Gasteiger partial charge in [0.15, 0.2) is 5.78 Å². The quantitative estimate of drug-likeness (QED) is 0.594. The number of aryl methyl sites for hydroxylation is 2. The Kier molecular flexibility index (Phi) is 4.59. The molecule has 1 amide bonds. The second kappa shape index (κ2) is 6.97. The molecule has 5 nitrogen and oxygen atoms in total. The molecule has 0 aliphatic carbocycles. The third kappa shape index (κ3) is 2.87. The molecule has 0 saturated heterocycles. The molecule has 0 saturated carbocycles. The smallest absolute Gasteiger partial charge is 0.250 e. The number of nitrogens with two attached hydrogens (primary N) is 1. The molecule has 0 radical (unpaired) electrons. The lowest BCUT2D eigenvalue weighted by molar-refractivity contribution is -0.116. The molecule has 1 aromatic heterocycles. The van der Waals surface area contributed by atoms with Crippen molar-refractivity contribution in [1.82, 2.24) is 10.3 Å². The third-order valence-electron chi connectivity index (χ3n) is 5.80. The van der Waals surface area contributed by atoms with E-state index in [1.165, 1.54) is 12.1 Å². The summed E-state index contributed by atoms with van der Waals surface area (Å²) in [6.07, 6.45) is 1.97. The van der Waals surface area contributed by atoms with E-state index in [1.54, 1.807) is 0 Å². The molecule has 4 N–H and O–H groups in total. The first-order valence-corrected chi connectivity index (χ1v) is 9.48. The number of ketones is 1. The number of carbonyl (C=O) groups is 2. The number of aromatic nitrogens is 1. The van der Waals surface area contributed by atoms with Crippen LogP contribution in [-0.2, 0) is 11.2 Å². The van der Waals surface area contributed by atoms with Crippen LogP contribution in [-0.4, -0.2) is 23.2 Å². The number of nitrogens with one attached hydrogen (secondary N) is 2. The lowest BCUT2D eigenvalue weighted by Gasteiger charge is -2.27. The highest BCUT2D eigenvalue weighted by Crippen LogP contribution is 2.40. The van der Waals surface area contributed by atoms with E-state index < -0.39 is 17.8 Å². The van der Waals surface area contributed by atoms with Crippen molar-refractivity contribution < 1.29 is 14.0 Å². The zero-order valence-electron chi connectivity index (χ0n) is 16.4. The van der Waals surface area contributed by atoms with E-state index in [0.29, 0.717) is 29.4 Å². The minimum Gasteiger partial charge on any atom is -0.366 e. The zero-order valence-corrected chi connectivity index (χ0v) is 16.4. The molecule has 0 fully saturated rings. The Morgan fingerprint density at radius 1 is 1.31 bits per heavy atom. The van der Waals surface area contributed by atoms with E-state index in [0.717, 1.165) is 27.9 Å². The van der Waals surface area contributed by atoms with Crippen molar-refractivity contribution in [2.24, 2.45) is 5.73 Å². The maximum atomic E-state index is 15.4. The Hall–Kier alpha value is -3.25. The minimum absolute atomic E-state index is 0.119. The Morgan fingerprint density at radius 3 is 2.76 bits per heavy atom. The minimum atomic E-state index is -0.683. The van der Waals surface area contributed by atoms with Gasteiger partial charge in [0, 0.05) is 23.2 Å². The number of hydrogen-bond acceptors (Lipinski definition) is 3. The van der Waals surface area contributed by atoms with Crippen molar-refractivity contribution in [3.05, 3.63) is 70.7 Å². The van der Waals surface area contributed by atoms with Crippen LogP contribution in [0.5, 0.6) is 0 Å². The van der Waals surface area contributed by atoms with E-state index in [9.17, 15) is 9.59 Å². The first kappa shape index (κ1) is 19.1. The van der Waals surface area contributed by atoms with E-state index >= 15 is 4.39 Å². The highest BCUT2D eigenvalue weighted by atomic mass is 19.1. The van der Waals surface area contributed by atoms with Crippen molar-refractivity contribution in [2.45, 2.75) is 26.3 Å². The van der Waals surface area contributed by atoms with Crippen molar-refractivity contribution in [2.75, 3.05) is 6.54 Å². The molecule has 148 valence electrons. The lowest BCUT2D eigenvalue weighted by Crippen LogP contribution is -2.34. The fraction of sp³-hybridized carbons (Fsp3) is 0.217. The Balaban J connectivity index is 2.06. The van der Waals surface area contributed by atoms with Gasteiger partial charge in [-0.3, -0.25) is 9.59 Å². The number of halogens is 1. The number of hydrogen-bond donors (Lipinski definition) is 3. The first-order valence-electron chi connectivity index (χ1n) is 9.48. The van der Waals surface area contributed by atoms with E-state index in [2.05, 4.69) is 16.9 Å². The zero-order chi connectivity index (χ0) is 20.9. The summed E-state index contributed by atoms with van der Waals surface area (Å²) in [5.74, 6) is -1.31. The van der Waals surface area contributed by atoms with Crippen LogP contribution in [0, 0.1) is 19.7 Å². The molecular weight excluding hydrogens is 369 g/mol. The number of aromatic amines is 1. The van der Waals surface area contributed by atoms with Crippen molar-refractivity contribution in [3.63, 3.8) is 0 Å². The van der Waals surface area contributed by atoms with Gasteiger partial charge in [0.1, 0.15) is 5.82 Å². The van der Waals surface area contributed by atoms with Gasteiger partial charge in [-0.05, 0) is 54.7 Å². The van der Waals surface area contributed by atoms with Crippen LogP contribution < -0.4 is 11.1 Å². The summed E-state index contributed by atoms with van der Waals surface area (Å²) >= 11 is 0. The summed E-state index contributed by atoms with van der Waals surface area (Å²) < 4.78 is 15.4. The topological polar surface area (TPSA) is 88.0 Å². The SMILES string of the molecule is C=CC(=O)[C@H]1NCCc2c(-c3c(F)cc(C(N)=O)c4[nH]c(C)c(C)c34)cccc21. The van der Waals surface area contributed by atoms with Gasteiger partial charge in [-0.25, -0.2) is 4.39 Å². The second-order valence-corrected chi connectivity index (χ2v) is 7.39. The van der Waals surface area contributed by atoms with E-state index in [-0.39, 0.29) is 11.3 Å². The van der Waals surface area contributed by atoms with E-state index in [4.69, 9.17) is 5.73 Å². The molecule has 3 aromatic rings. The van der Waals surface area contributed by atoms with Crippen LogP contribution in [0.25, 0.3) is 22.0 Å². The Morgan fingerprint density at radius 2 is 2.07 bits per heavy atom. The van der Waals surface area contributed by atoms with Crippen molar-refractivity contribution in [3.8, 4) is 11.1 Å². The number of benzene rings is 2. The summed E-state index contributed by atoms with van der Waals surface area (Å²) in [5, 5.41) is 3.86. The Bertz CT molecular complexity index is 1190. The molecule has 4 rings (SSSR count).